The first-order valence-electron chi connectivity index (χ1n) is 9.52. The summed E-state index contributed by atoms with van der Waals surface area (Å²) in [6, 6.07) is 8.77. The van der Waals surface area contributed by atoms with E-state index in [1.165, 1.54) is 4.90 Å². The largest absolute Gasteiger partial charge is 0.343 e. The standard InChI is InChI=1S/C19H25N5O3S/c1-22(2)18(25)16-14-24(21-20-16)17-8-9-19(17)10-12-23(13-11-19)28(26,27)15-6-4-3-5-7-15/h3-7,14,17H,8-13H2,1-2H3. The average molecular weight is 404 g/mol. The molecule has 0 N–H and O–H groups in total. The number of nitrogens with zero attached hydrogens (tertiary/aromatic N) is 5. The highest BCUT2D eigenvalue weighted by atomic mass is 32.2. The average Bonchev–Trinajstić information content (AvgIpc) is 3.16. The molecule has 1 aliphatic heterocycles. The van der Waals surface area contributed by atoms with Crippen LogP contribution in [0.15, 0.2) is 41.4 Å². The van der Waals surface area contributed by atoms with Crippen molar-refractivity contribution in [3.63, 3.8) is 0 Å². The first-order valence-corrected chi connectivity index (χ1v) is 11.0. The van der Waals surface area contributed by atoms with E-state index in [0.29, 0.717) is 23.7 Å². The van der Waals surface area contributed by atoms with E-state index in [1.54, 1.807) is 48.9 Å². The second kappa shape index (κ2) is 6.97. The molecule has 2 heterocycles. The Morgan fingerprint density at radius 2 is 1.82 bits per heavy atom. The van der Waals surface area contributed by atoms with Crippen molar-refractivity contribution < 1.29 is 13.2 Å². The smallest absolute Gasteiger partial charge is 0.275 e. The molecular formula is C19H25N5O3S. The summed E-state index contributed by atoms with van der Waals surface area (Å²) in [5, 5.41) is 8.22. The monoisotopic (exact) mass is 403 g/mol. The molecular weight excluding hydrogens is 378 g/mol. The van der Waals surface area contributed by atoms with Crippen LogP contribution in [-0.2, 0) is 10.0 Å². The van der Waals surface area contributed by atoms with Crippen LogP contribution in [0.2, 0.25) is 0 Å². The van der Waals surface area contributed by atoms with Crippen LogP contribution in [0.25, 0.3) is 0 Å². The fourth-order valence-corrected chi connectivity index (χ4v) is 5.81. The molecule has 2 aromatic rings. The molecule has 150 valence electrons. The first kappa shape index (κ1) is 19.1. The van der Waals surface area contributed by atoms with Gasteiger partial charge in [-0.3, -0.25) is 4.79 Å². The summed E-state index contributed by atoms with van der Waals surface area (Å²) in [6.07, 6.45) is 5.33. The van der Waals surface area contributed by atoms with Gasteiger partial charge in [0.15, 0.2) is 5.69 Å². The highest BCUT2D eigenvalue weighted by molar-refractivity contribution is 7.89. The zero-order valence-corrected chi connectivity index (χ0v) is 17.0. The van der Waals surface area contributed by atoms with E-state index < -0.39 is 10.0 Å². The minimum absolute atomic E-state index is 0.0365. The molecule has 1 unspecified atom stereocenters. The van der Waals surface area contributed by atoms with Gasteiger partial charge >= 0.3 is 0 Å². The van der Waals surface area contributed by atoms with Gasteiger partial charge in [-0.05, 0) is 43.2 Å². The predicted octanol–water partition coefficient (Wildman–Crippen LogP) is 1.79. The molecule has 1 aliphatic carbocycles. The van der Waals surface area contributed by atoms with Gasteiger partial charge in [-0.25, -0.2) is 13.1 Å². The molecule has 1 aromatic heterocycles. The lowest BCUT2D eigenvalue weighted by Crippen LogP contribution is -2.51. The van der Waals surface area contributed by atoms with Gasteiger partial charge in [0.05, 0.1) is 17.1 Å². The van der Waals surface area contributed by atoms with Crippen molar-refractivity contribution in [3.05, 3.63) is 42.2 Å². The van der Waals surface area contributed by atoms with Crippen LogP contribution in [0.1, 0.15) is 42.2 Å². The normalized spacial score (nSPS) is 22.0. The molecule has 4 rings (SSSR count). The Bertz CT molecular complexity index is 962. The molecule has 0 bridgehead atoms. The number of piperidine rings is 1. The molecule has 1 spiro atoms. The van der Waals surface area contributed by atoms with Crippen molar-refractivity contribution in [2.45, 2.75) is 36.6 Å². The summed E-state index contributed by atoms with van der Waals surface area (Å²) in [5.74, 6) is -0.164. The van der Waals surface area contributed by atoms with Gasteiger partial charge in [0.1, 0.15) is 0 Å². The summed E-state index contributed by atoms with van der Waals surface area (Å²) < 4.78 is 29.1. The molecule has 0 radical (unpaired) electrons. The molecule has 1 atom stereocenters. The Morgan fingerprint density at radius 1 is 1.14 bits per heavy atom. The summed E-state index contributed by atoms with van der Waals surface area (Å²) in [4.78, 5) is 13.9. The molecule has 2 fully saturated rings. The lowest BCUT2D eigenvalue weighted by Gasteiger charge is -2.53. The Morgan fingerprint density at radius 3 is 2.39 bits per heavy atom. The van der Waals surface area contributed by atoms with Crippen molar-refractivity contribution in [2.24, 2.45) is 5.41 Å². The lowest BCUT2D eigenvalue weighted by molar-refractivity contribution is -0.0160. The van der Waals surface area contributed by atoms with Gasteiger partial charge in [0.25, 0.3) is 5.91 Å². The molecule has 1 amide bonds. The Labute approximate surface area is 165 Å². The summed E-state index contributed by atoms with van der Waals surface area (Å²) in [7, 11) is -0.0676. The Kier molecular flexibility index (Phi) is 4.75. The van der Waals surface area contributed by atoms with E-state index >= 15 is 0 Å². The van der Waals surface area contributed by atoms with E-state index in [0.717, 1.165) is 25.7 Å². The molecule has 2 aliphatic rings. The van der Waals surface area contributed by atoms with Crippen LogP contribution in [0.5, 0.6) is 0 Å². The van der Waals surface area contributed by atoms with Gasteiger partial charge in [-0.2, -0.15) is 4.31 Å². The van der Waals surface area contributed by atoms with Gasteiger partial charge in [0.2, 0.25) is 10.0 Å². The SMILES string of the molecule is CN(C)C(=O)c1cn(C2CCC23CCN(S(=O)(=O)c2ccccc2)CC3)nn1. The number of aromatic nitrogens is 3. The number of amides is 1. The third kappa shape index (κ3) is 3.12. The zero-order chi connectivity index (χ0) is 19.9. The quantitative estimate of drug-likeness (QED) is 0.777. The van der Waals surface area contributed by atoms with Crippen molar-refractivity contribution in [1.82, 2.24) is 24.2 Å². The summed E-state index contributed by atoms with van der Waals surface area (Å²) in [6.45, 7) is 1.01. The summed E-state index contributed by atoms with van der Waals surface area (Å²) in [5.41, 5.74) is 0.380. The highest BCUT2D eigenvalue weighted by Crippen LogP contribution is 2.56. The van der Waals surface area contributed by atoms with Crippen LogP contribution in [0.4, 0.5) is 0 Å². The molecule has 1 aromatic carbocycles. The van der Waals surface area contributed by atoms with E-state index in [1.807, 2.05) is 10.7 Å². The van der Waals surface area contributed by atoms with E-state index in [-0.39, 0.29) is 17.4 Å². The third-order valence-electron chi connectivity index (χ3n) is 6.18. The number of sulfonamides is 1. The van der Waals surface area contributed by atoms with Crippen LogP contribution < -0.4 is 0 Å². The number of benzene rings is 1. The van der Waals surface area contributed by atoms with E-state index in [4.69, 9.17) is 0 Å². The maximum Gasteiger partial charge on any atom is 0.275 e. The molecule has 28 heavy (non-hydrogen) atoms. The van der Waals surface area contributed by atoms with Crippen LogP contribution in [0, 0.1) is 5.41 Å². The Balaban J connectivity index is 1.47. The van der Waals surface area contributed by atoms with Crippen molar-refractivity contribution >= 4 is 15.9 Å². The van der Waals surface area contributed by atoms with Crippen LogP contribution >= 0.6 is 0 Å². The third-order valence-corrected chi connectivity index (χ3v) is 8.09. The van der Waals surface area contributed by atoms with E-state index in [2.05, 4.69) is 10.3 Å². The van der Waals surface area contributed by atoms with E-state index in [9.17, 15) is 13.2 Å². The minimum Gasteiger partial charge on any atom is -0.343 e. The van der Waals surface area contributed by atoms with Crippen LogP contribution in [0.3, 0.4) is 0 Å². The van der Waals surface area contributed by atoms with Crippen molar-refractivity contribution in [1.29, 1.82) is 0 Å². The second-order valence-electron chi connectivity index (χ2n) is 7.92. The van der Waals surface area contributed by atoms with Gasteiger partial charge in [0, 0.05) is 27.2 Å². The maximum atomic E-state index is 12.9. The fraction of sp³-hybridized carbons (Fsp3) is 0.526. The number of hydrogen-bond donors (Lipinski definition) is 0. The van der Waals surface area contributed by atoms with Gasteiger partial charge < -0.3 is 4.90 Å². The summed E-state index contributed by atoms with van der Waals surface area (Å²) >= 11 is 0. The highest BCUT2D eigenvalue weighted by Gasteiger charge is 2.51. The number of carbonyl (C=O) groups is 1. The van der Waals surface area contributed by atoms with Crippen molar-refractivity contribution in [2.75, 3.05) is 27.2 Å². The Hall–Kier alpha value is -2.26. The predicted molar refractivity (Wildman–Crippen MR) is 103 cm³/mol. The second-order valence-corrected chi connectivity index (χ2v) is 9.86. The molecule has 9 heteroatoms. The number of carbonyl (C=O) groups excluding carboxylic acids is 1. The molecule has 8 nitrogen and oxygen atoms in total. The minimum atomic E-state index is -3.45. The van der Waals surface area contributed by atoms with Gasteiger partial charge in [-0.1, -0.05) is 23.4 Å². The van der Waals surface area contributed by atoms with Crippen molar-refractivity contribution in [3.8, 4) is 0 Å². The number of rotatable bonds is 4. The fourth-order valence-electron chi connectivity index (χ4n) is 4.35. The van der Waals surface area contributed by atoms with Crippen LogP contribution in [-0.4, -0.2) is 65.7 Å². The maximum absolute atomic E-state index is 12.9. The van der Waals surface area contributed by atoms with Gasteiger partial charge in [-0.15, -0.1) is 5.10 Å². The topological polar surface area (TPSA) is 88.4 Å². The molecule has 1 saturated heterocycles. The first-order chi connectivity index (χ1) is 13.3. The molecule has 1 saturated carbocycles. The zero-order valence-electron chi connectivity index (χ0n) is 16.2. The number of hydrogen-bond acceptors (Lipinski definition) is 5. The lowest BCUT2D eigenvalue weighted by atomic mass is 9.59.